The molecule has 1 N–H and O–H groups in total. The molecule has 5 atom stereocenters. The van der Waals surface area contributed by atoms with Gasteiger partial charge in [-0.1, -0.05) is 27.7 Å². The molecule has 0 saturated heterocycles. The van der Waals surface area contributed by atoms with Crippen LogP contribution in [0.4, 0.5) is 0 Å². The average molecular weight is 222 g/mol. The van der Waals surface area contributed by atoms with Crippen molar-refractivity contribution in [2.45, 2.75) is 65.9 Å². The Bertz CT molecular complexity index is 321. The van der Waals surface area contributed by atoms with E-state index in [1.165, 1.54) is 25.7 Å². The molecule has 3 rings (SSSR count). The Balaban J connectivity index is 1.95. The number of aliphatic hydroxyl groups is 1. The zero-order valence-corrected chi connectivity index (χ0v) is 11.2. The van der Waals surface area contributed by atoms with Gasteiger partial charge in [-0.15, -0.1) is 0 Å². The topological polar surface area (TPSA) is 20.2 Å². The SMILES string of the molecule is CC1(C)C[C@H]2[C@H]1CC[C@@]1(C)[C@H](O)CC[C@@]21C. The summed E-state index contributed by atoms with van der Waals surface area (Å²) in [7, 11) is 0. The molecule has 0 unspecified atom stereocenters. The van der Waals surface area contributed by atoms with Crippen molar-refractivity contribution >= 4 is 0 Å². The van der Waals surface area contributed by atoms with E-state index in [0.717, 1.165) is 18.3 Å². The van der Waals surface area contributed by atoms with Crippen LogP contribution in [0.3, 0.4) is 0 Å². The van der Waals surface area contributed by atoms with Gasteiger partial charge in [-0.25, -0.2) is 0 Å². The van der Waals surface area contributed by atoms with Crippen LogP contribution in [0.1, 0.15) is 59.8 Å². The van der Waals surface area contributed by atoms with Crippen LogP contribution in [0.25, 0.3) is 0 Å². The van der Waals surface area contributed by atoms with Crippen LogP contribution in [0.15, 0.2) is 0 Å². The smallest absolute Gasteiger partial charge is 0.0599 e. The monoisotopic (exact) mass is 222 g/mol. The van der Waals surface area contributed by atoms with Crippen molar-refractivity contribution in [3.63, 3.8) is 0 Å². The highest BCUT2D eigenvalue weighted by atomic mass is 16.3. The fourth-order valence-electron chi connectivity index (χ4n) is 5.44. The third-order valence-electron chi connectivity index (χ3n) is 7.01. The number of hydrogen-bond donors (Lipinski definition) is 1. The molecule has 0 spiro atoms. The van der Waals surface area contributed by atoms with E-state index in [0.29, 0.717) is 10.8 Å². The molecule has 3 saturated carbocycles. The van der Waals surface area contributed by atoms with Crippen LogP contribution < -0.4 is 0 Å². The van der Waals surface area contributed by atoms with Gasteiger partial charge in [0, 0.05) is 0 Å². The summed E-state index contributed by atoms with van der Waals surface area (Å²) in [6.07, 6.45) is 6.23. The van der Waals surface area contributed by atoms with Crippen LogP contribution in [0.5, 0.6) is 0 Å². The fraction of sp³-hybridized carbons (Fsp3) is 1.00. The summed E-state index contributed by atoms with van der Waals surface area (Å²) in [6, 6.07) is 0. The second kappa shape index (κ2) is 2.85. The minimum Gasteiger partial charge on any atom is -0.393 e. The first kappa shape index (κ1) is 11.1. The third kappa shape index (κ3) is 1.02. The van der Waals surface area contributed by atoms with Gasteiger partial charge in [0.05, 0.1) is 6.10 Å². The van der Waals surface area contributed by atoms with E-state index in [1.54, 1.807) is 0 Å². The summed E-state index contributed by atoms with van der Waals surface area (Å²) in [5, 5.41) is 10.3. The molecule has 1 nitrogen and oxygen atoms in total. The van der Waals surface area contributed by atoms with Crippen LogP contribution >= 0.6 is 0 Å². The van der Waals surface area contributed by atoms with Crippen LogP contribution in [0, 0.1) is 28.1 Å². The molecule has 0 aromatic carbocycles. The predicted molar refractivity (Wildman–Crippen MR) is 66.1 cm³/mol. The van der Waals surface area contributed by atoms with Crippen LogP contribution in [0.2, 0.25) is 0 Å². The van der Waals surface area contributed by atoms with E-state index in [-0.39, 0.29) is 11.5 Å². The van der Waals surface area contributed by atoms with Crippen molar-refractivity contribution in [3.05, 3.63) is 0 Å². The van der Waals surface area contributed by atoms with Gasteiger partial charge < -0.3 is 5.11 Å². The molecule has 0 radical (unpaired) electrons. The normalized spacial score (nSPS) is 58.7. The van der Waals surface area contributed by atoms with Gasteiger partial charge in [0.25, 0.3) is 0 Å². The zero-order valence-electron chi connectivity index (χ0n) is 11.2. The van der Waals surface area contributed by atoms with E-state index in [2.05, 4.69) is 27.7 Å². The molecule has 0 amide bonds. The molecule has 92 valence electrons. The Morgan fingerprint density at radius 3 is 2.12 bits per heavy atom. The lowest BCUT2D eigenvalue weighted by molar-refractivity contribution is -0.184. The molecule has 16 heavy (non-hydrogen) atoms. The standard InChI is InChI=1S/C15H26O/c1-13(2)9-11-10(13)5-7-15(4)12(16)6-8-14(11,15)3/h10-12,16H,5-9H2,1-4H3/t10-,11+,12-,14+,15+/m1/s1. The minimum absolute atomic E-state index is 0.0397. The van der Waals surface area contributed by atoms with Crippen molar-refractivity contribution in [1.82, 2.24) is 0 Å². The predicted octanol–water partition coefficient (Wildman–Crippen LogP) is 3.61. The Morgan fingerprint density at radius 1 is 0.875 bits per heavy atom. The molecule has 0 aromatic rings. The molecule has 0 aromatic heterocycles. The molecular formula is C15H26O. The largest absolute Gasteiger partial charge is 0.393 e. The van der Waals surface area contributed by atoms with Crippen molar-refractivity contribution in [1.29, 1.82) is 0 Å². The summed E-state index contributed by atoms with van der Waals surface area (Å²) in [5.41, 5.74) is 1.21. The molecule has 3 fully saturated rings. The van der Waals surface area contributed by atoms with Crippen molar-refractivity contribution in [2.24, 2.45) is 28.1 Å². The highest BCUT2D eigenvalue weighted by Crippen LogP contribution is 2.72. The second-order valence-electron chi connectivity index (χ2n) is 7.83. The number of rotatable bonds is 0. The second-order valence-corrected chi connectivity index (χ2v) is 7.83. The highest BCUT2D eigenvalue weighted by Gasteiger charge is 2.66. The van der Waals surface area contributed by atoms with Crippen molar-refractivity contribution < 1.29 is 5.11 Å². The lowest BCUT2D eigenvalue weighted by Gasteiger charge is -2.66. The lowest BCUT2D eigenvalue weighted by atomic mass is 9.39. The van der Waals surface area contributed by atoms with Crippen LogP contribution in [-0.4, -0.2) is 11.2 Å². The molecule has 0 bridgehead atoms. The molecular weight excluding hydrogens is 196 g/mol. The van der Waals surface area contributed by atoms with Gasteiger partial charge >= 0.3 is 0 Å². The van der Waals surface area contributed by atoms with Gasteiger partial charge in [0.1, 0.15) is 0 Å². The Hall–Kier alpha value is -0.0400. The summed E-state index contributed by atoms with van der Waals surface area (Å²) in [4.78, 5) is 0. The average Bonchev–Trinajstić information content (AvgIpc) is 2.41. The molecule has 3 aliphatic rings. The first-order valence-electron chi connectivity index (χ1n) is 6.99. The van der Waals surface area contributed by atoms with E-state index in [9.17, 15) is 5.11 Å². The summed E-state index contributed by atoms with van der Waals surface area (Å²) >= 11 is 0. The number of fused-ring (bicyclic) bond motifs is 3. The number of hydrogen-bond acceptors (Lipinski definition) is 1. The maximum atomic E-state index is 10.3. The van der Waals surface area contributed by atoms with E-state index in [4.69, 9.17) is 0 Å². The summed E-state index contributed by atoms with van der Waals surface area (Å²) in [5.74, 6) is 1.81. The summed E-state index contributed by atoms with van der Waals surface area (Å²) < 4.78 is 0. The molecule has 1 heteroatoms. The quantitative estimate of drug-likeness (QED) is 0.664. The van der Waals surface area contributed by atoms with E-state index >= 15 is 0 Å². The summed E-state index contributed by atoms with van der Waals surface area (Å²) in [6.45, 7) is 9.69. The highest BCUT2D eigenvalue weighted by molar-refractivity contribution is 5.15. The van der Waals surface area contributed by atoms with Crippen LogP contribution in [-0.2, 0) is 0 Å². The Labute approximate surface area is 99.6 Å². The Kier molecular flexibility index (Phi) is 1.98. The van der Waals surface area contributed by atoms with Crippen molar-refractivity contribution in [2.75, 3.05) is 0 Å². The first-order chi connectivity index (χ1) is 7.31. The van der Waals surface area contributed by atoms with Crippen molar-refractivity contribution in [3.8, 4) is 0 Å². The van der Waals surface area contributed by atoms with Gasteiger partial charge in [-0.3, -0.25) is 0 Å². The van der Waals surface area contributed by atoms with Gasteiger partial charge in [0.15, 0.2) is 0 Å². The lowest BCUT2D eigenvalue weighted by Crippen LogP contribution is -2.60. The molecule has 0 heterocycles. The van der Waals surface area contributed by atoms with E-state index < -0.39 is 0 Å². The molecule has 0 aliphatic heterocycles. The van der Waals surface area contributed by atoms with Gasteiger partial charge in [-0.2, -0.15) is 0 Å². The van der Waals surface area contributed by atoms with E-state index in [1.807, 2.05) is 0 Å². The zero-order chi connectivity index (χ0) is 11.8. The fourth-order valence-corrected chi connectivity index (χ4v) is 5.44. The van der Waals surface area contributed by atoms with Gasteiger partial charge in [-0.05, 0) is 60.2 Å². The maximum Gasteiger partial charge on any atom is 0.0599 e. The third-order valence-corrected chi connectivity index (χ3v) is 7.01. The maximum absolute atomic E-state index is 10.3. The minimum atomic E-state index is -0.0397. The van der Waals surface area contributed by atoms with Gasteiger partial charge in [0.2, 0.25) is 0 Å². The Morgan fingerprint density at radius 2 is 1.50 bits per heavy atom. The molecule has 3 aliphatic carbocycles. The number of aliphatic hydroxyl groups excluding tert-OH is 1. The first-order valence-corrected chi connectivity index (χ1v) is 6.99.